The molecule has 0 saturated heterocycles. The first-order chi connectivity index (χ1) is 14.0. The van der Waals surface area contributed by atoms with Gasteiger partial charge in [0.15, 0.2) is 11.5 Å². The Morgan fingerprint density at radius 2 is 1.93 bits per heavy atom. The standard InChI is InChI=1S/C20H14F2N4O3/c21-13-1-2-14(15(22)7-13)20(27)25-4-3-24-19-12(9-23)5-11-6-17-18(29-10-28-17)8-16(11)26-19/h1-2,5-8H,3-4,10H2,(H,24,26)(H,25,27). The summed E-state index contributed by atoms with van der Waals surface area (Å²) < 4.78 is 37.2. The number of nitrogens with one attached hydrogen (secondary N) is 2. The van der Waals surface area contributed by atoms with Gasteiger partial charge in [-0.25, -0.2) is 13.8 Å². The Bertz CT molecular complexity index is 1160. The van der Waals surface area contributed by atoms with Gasteiger partial charge in [-0.2, -0.15) is 5.26 Å². The van der Waals surface area contributed by atoms with Crippen molar-refractivity contribution in [1.29, 1.82) is 5.26 Å². The molecule has 1 aliphatic rings. The topological polar surface area (TPSA) is 96.3 Å². The van der Waals surface area contributed by atoms with E-state index in [1.165, 1.54) is 0 Å². The van der Waals surface area contributed by atoms with Crippen molar-refractivity contribution in [2.24, 2.45) is 0 Å². The fourth-order valence-corrected chi connectivity index (χ4v) is 2.91. The number of amides is 1. The molecule has 4 rings (SSSR count). The van der Waals surface area contributed by atoms with Crippen LogP contribution in [0.5, 0.6) is 11.5 Å². The number of halogens is 2. The fourth-order valence-electron chi connectivity index (χ4n) is 2.91. The third kappa shape index (κ3) is 3.73. The number of aromatic nitrogens is 1. The molecular formula is C20H14F2N4O3. The van der Waals surface area contributed by atoms with Gasteiger partial charge in [-0.05, 0) is 24.3 Å². The molecule has 0 atom stereocenters. The van der Waals surface area contributed by atoms with Crippen LogP contribution in [-0.4, -0.2) is 30.8 Å². The van der Waals surface area contributed by atoms with Crippen molar-refractivity contribution in [3.63, 3.8) is 0 Å². The van der Waals surface area contributed by atoms with Gasteiger partial charge in [0, 0.05) is 30.6 Å². The first-order valence-corrected chi connectivity index (χ1v) is 8.67. The van der Waals surface area contributed by atoms with Gasteiger partial charge in [0.1, 0.15) is 23.5 Å². The van der Waals surface area contributed by atoms with E-state index < -0.39 is 17.5 Å². The number of rotatable bonds is 5. The summed E-state index contributed by atoms with van der Waals surface area (Å²) >= 11 is 0. The number of hydrogen-bond acceptors (Lipinski definition) is 6. The third-order valence-corrected chi connectivity index (χ3v) is 4.31. The summed E-state index contributed by atoms with van der Waals surface area (Å²) in [6.07, 6.45) is 0. The van der Waals surface area contributed by atoms with E-state index in [2.05, 4.69) is 21.7 Å². The number of hydrogen-bond donors (Lipinski definition) is 2. The molecule has 0 saturated carbocycles. The van der Waals surface area contributed by atoms with Crippen molar-refractivity contribution in [3.05, 3.63) is 59.2 Å². The number of pyridine rings is 1. The van der Waals surface area contributed by atoms with E-state index in [0.29, 0.717) is 34.5 Å². The largest absolute Gasteiger partial charge is 0.454 e. The highest BCUT2D eigenvalue weighted by molar-refractivity contribution is 5.94. The second-order valence-corrected chi connectivity index (χ2v) is 6.20. The lowest BCUT2D eigenvalue weighted by atomic mass is 10.1. The van der Waals surface area contributed by atoms with Gasteiger partial charge >= 0.3 is 0 Å². The van der Waals surface area contributed by atoms with Crippen LogP contribution in [0.4, 0.5) is 14.6 Å². The summed E-state index contributed by atoms with van der Waals surface area (Å²) in [5.74, 6) is -0.828. The average molecular weight is 396 g/mol. The highest BCUT2D eigenvalue weighted by Gasteiger charge is 2.17. The van der Waals surface area contributed by atoms with Gasteiger partial charge in [-0.1, -0.05) is 0 Å². The molecule has 0 unspecified atom stereocenters. The molecule has 0 aliphatic carbocycles. The lowest BCUT2D eigenvalue weighted by Gasteiger charge is -2.10. The Kier molecular flexibility index (Phi) is 4.83. The molecule has 1 aromatic heterocycles. The predicted octanol–water partition coefficient (Wildman–Crippen LogP) is 2.96. The minimum Gasteiger partial charge on any atom is -0.454 e. The second-order valence-electron chi connectivity index (χ2n) is 6.20. The van der Waals surface area contributed by atoms with Crippen LogP contribution < -0.4 is 20.1 Å². The number of benzene rings is 2. The predicted molar refractivity (Wildman–Crippen MR) is 99.8 cm³/mol. The van der Waals surface area contributed by atoms with Crippen LogP contribution in [0.3, 0.4) is 0 Å². The van der Waals surface area contributed by atoms with Gasteiger partial charge in [-0.3, -0.25) is 4.79 Å². The maximum absolute atomic E-state index is 13.6. The van der Waals surface area contributed by atoms with Crippen LogP contribution in [0.2, 0.25) is 0 Å². The zero-order chi connectivity index (χ0) is 20.4. The van der Waals surface area contributed by atoms with Crippen LogP contribution in [-0.2, 0) is 0 Å². The molecule has 9 heteroatoms. The lowest BCUT2D eigenvalue weighted by molar-refractivity contribution is 0.0951. The summed E-state index contributed by atoms with van der Waals surface area (Å²) in [6, 6.07) is 9.98. The van der Waals surface area contributed by atoms with Gasteiger partial charge in [0.2, 0.25) is 6.79 Å². The van der Waals surface area contributed by atoms with E-state index in [1.54, 1.807) is 18.2 Å². The molecule has 3 aromatic rings. The molecule has 1 amide bonds. The summed E-state index contributed by atoms with van der Waals surface area (Å²) in [5.41, 5.74) is 0.699. The minimum absolute atomic E-state index is 0.135. The Morgan fingerprint density at radius 3 is 2.69 bits per heavy atom. The lowest BCUT2D eigenvalue weighted by Crippen LogP contribution is -2.29. The number of nitrogens with zero attached hydrogens (tertiary/aromatic N) is 2. The van der Waals surface area contributed by atoms with E-state index in [9.17, 15) is 18.8 Å². The molecule has 29 heavy (non-hydrogen) atoms. The van der Waals surface area contributed by atoms with Gasteiger partial charge in [0.25, 0.3) is 5.91 Å². The molecule has 2 N–H and O–H groups in total. The summed E-state index contributed by atoms with van der Waals surface area (Å²) in [4.78, 5) is 16.4. The second kappa shape index (κ2) is 7.59. The first-order valence-electron chi connectivity index (χ1n) is 8.67. The van der Waals surface area contributed by atoms with E-state index in [-0.39, 0.29) is 25.4 Å². The van der Waals surface area contributed by atoms with E-state index in [4.69, 9.17) is 9.47 Å². The van der Waals surface area contributed by atoms with Crippen molar-refractivity contribution in [1.82, 2.24) is 10.3 Å². The van der Waals surface area contributed by atoms with Crippen LogP contribution in [0.15, 0.2) is 36.4 Å². The number of nitriles is 1. The van der Waals surface area contributed by atoms with Crippen molar-refractivity contribution in [2.75, 3.05) is 25.2 Å². The molecule has 1 aliphatic heterocycles. The SMILES string of the molecule is N#Cc1cc2cc3c(cc2nc1NCCNC(=O)c1ccc(F)cc1F)OCO3. The van der Waals surface area contributed by atoms with Crippen molar-refractivity contribution in [3.8, 4) is 17.6 Å². The Labute approximate surface area is 163 Å². The number of carbonyl (C=O) groups excluding carboxylic acids is 1. The molecule has 2 heterocycles. The number of anilines is 1. The Morgan fingerprint density at radius 1 is 1.14 bits per heavy atom. The van der Waals surface area contributed by atoms with Gasteiger partial charge in [0.05, 0.1) is 16.6 Å². The van der Waals surface area contributed by atoms with Crippen molar-refractivity contribution in [2.45, 2.75) is 0 Å². The van der Waals surface area contributed by atoms with E-state index >= 15 is 0 Å². The number of carbonyl (C=O) groups is 1. The quantitative estimate of drug-likeness (QED) is 0.644. The summed E-state index contributed by atoms with van der Waals surface area (Å²) in [6.45, 7) is 0.518. The highest BCUT2D eigenvalue weighted by Crippen LogP contribution is 2.36. The van der Waals surface area contributed by atoms with Crippen LogP contribution >= 0.6 is 0 Å². The first kappa shape index (κ1) is 18.4. The van der Waals surface area contributed by atoms with Gasteiger partial charge in [-0.15, -0.1) is 0 Å². The monoisotopic (exact) mass is 396 g/mol. The molecule has 0 spiro atoms. The van der Waals surface area contributed by atoms with Gasteiger partial charge < -0.3 is 20.1 Å². The van der Waals surface area contributed by atoms with Crippen LogP contribution in [0.25, 0.3) is 10.9 Å². The summed E-state index contributed by atoms with van der Waals surface area (Å²) in [7, 11) is 0. The summed E-state index contributed by atoms with van der Waals surface area (Å²) in [5, 5.41) is 15.6. The molecule has 146 valence electrons. The molecule has 0 radical (unpaired) electrons. The minimum atomic E-state index is -0.933. The molecule has 0 fully saturated rings. The normalized spacial score (nSPS) is 11.9. The number of fused-ring (bicyclic) bond motifs is 2. The Balaban J connectivity index is 1.43. The average Bonchev–Trinajstić information content (AvgIpc) is 3.15. The molecular weight excluding hydrogens is 382 g/mol. The van der Waals surface area contributed by atoms with E-state index in [1.807, 2.05) is 0 Å². The molecule has 7 nitrogen and oxygen atoms in total. The van der Waals surface area contributed by atoms with Crippen molar-refractivity contribution >= 4 is 22.6 Å². The fraction of sp³-hybridized carbons (Fsp3) is 0.150. The highest BCUT2D eigenvalue weighted by atomic mass is 19.1. The third-order valence-electron chi connectivity index (χ3n) is 4.31. The smallest absolute Gasteiger partial charge is 0.254 e. The zero-order valence-electron chi connectivity index (χ0n) is 15.0. The maximum atomic E-state index is 13.6. The van der Waals surface area contributed by atoms with E-state index in [0.717, 1.165) is 17.5 Å². The van der Waals surface area contributed by atoms with Crippen LogP contribution in [0, 0.1) is 23.0 Å². The maximum Gasteiger partial charge on any atom is 0.254 e. The molecule has 2 aromatic carbocycles. The molecule has 0 bridgehead atoms. The Hall–Kier alpha value is -3.93. The zero-order valence-corrected chi connectivity index (χ0v) is 15.0. The van der Waals surface area contributed by atoms with Crippen LogP contribution in [0.1, 0.15) is 15.9 Å². The number of ether oxygens (including phenoxy) is 2. The van der Waals surface area contributed by atoms with Crippen molar-refractivity contribution < 1.29 is 23.0 Å².